The molecule has 0 fully saturated rings. The van der Waals surface area contributed by atoms with Gasteiger partial charge in [-0.3, -0.25) is 4.57 Å². The Hall–Kier alpha value is -3.27. The number of aliphatic hydroxyl groups excluding tert-OH is 1. The van der Waals surface area contributed by atoms with Crippen molar-refractivity contribution in [3.8, 4) is 5.75 Å². The third-order valence-corrected chi connectivity index (χ3v) is 7.19. The van der Waals surface area contributed by atoms with Crippen LogP contribution in [0.15, 0.2) is 108 Å². The monoisotopic (exact) mass is 419 g/mol. The van der Waals surface area contributed by atoms with Crippen LogP contribution in [0.2, 0.25) is 0 Å². The standard InChI is InChI=1S/C24H22NO4P/c26-18-21-16-17-23(28-21)24(25-19-10-4-1-5-11-19)30(27,22-14-8-3-9-15-22)29-20-12-6-2-7-13-20/h1-17,24-26H,18H2. The maximum Gasteiger partial charge on any atom is 0.306 e. The quantitative estimate of drug-likeness (QED) is 0.366. The van der Waals surface area contributed by atoms with Gasteiger partial charge >= 0.3 is 7.37 Å². The minimum Gasteiger partial charge on any atom is -0.461 e. The lowest BCUT2D eigenvalue weighted by Crippen LogP contribution is -2.21. The van der Waals surface area contributed by atoms with E-state index in [-0.39, 0.29) is 6.61 Å². The summed E-state index contributed by atoms with van der Waals surface area (Å²) in [4.78, 5) is 0. The molecule has 3 aromatic carbocycles. The molecule has 152 valence electrons. The maximum absolute atomic E-state index is 14.6. The van der Waals surface area contributed by atoms with Crippen molar-refractivity contribution in [1.82, 2.24) is 0 Å². The Morgan fingerprint density at radius 3 is 2.03 bits per heavy atom. The van der Waals surface area contributed by atoms with E-state index in [4.69, 9.17) is 8.94 Å². The third-order valence-electron chi connectivity index (χ3n) is 4.63. The van der Waals surface area contributed by atoms with Crippen LogP contribution in [0.1, 0.15) is 17.3 Å². The Balaban J connectivity index is 1.84. The summed E-state index contributed by atoms with van der Waals surface area (Å²) in [6.45, 7) is -0.243. The number of hydrogen-bond donors (Lipinski definition) is 2. The number of furan rings is 1. The number of hydrogen-bond acceptors (Lipinski definition) is 5. The molecular formula is C24H22NO4P. The number of aliphatic hydroxyl groups is 1. The van der Waals surface area contributed by atoms with Gasteiger partial charge < -0.3 is 19.4 Å². The van der Waals surface area contributed by atoms with Gasteiger partial charge in [-0.2, -0.15) is 0 Å². The van der Waals surface area contributed by atoms with Crippen LogP contribution in [0.4, 0.5) is 5.69 Å². The van der Waals surface area contributed by atoms with Crippen LogP contribution >= 0.6 is 7.37 Å². The Morgan fingerprint density at radius 2 is 1.43 bits per heavy atom. The highest BCUT2D eigenvalue weighted by atomic mass is 31.2. The molecule has 5 nitrogen and oxygen atoms in total. The van der Waals surface area contributed by atoms with Crippen LogP contribution in [0.5, 0.6) is 5.75 Å². The molecule has 30 heavy (non-hydrogen) atoms. The molecule has 4 aromatic rings. The van der Waals surface area contributed by atoms with Crippen LogP contribution in [-0.2, 0) is 11.2 Å². The fourth-order valence-electron chi connectivity index (χ4n) is 3.17. The molecule has 0 spiro atoms. The zero-order valence-corrected chi connectivity index (χ0v) is 17.1. The molecule has 0 radical (unpaired) electrons. The first-order valence-electron chi connectivity index (χ1n) is 9.60. The molecule has 2 N–H and O–H groups in total. The average molecular weight is 419 g/mol. The van der Waals surface area contributed by atoms with Gasteiger partial charge in [0, 0.05) is 5.69 Å². The van der Waals surface area contributed by atoms with Crippen LogP contribution in [0.3, 0.4) is 0 Å². The van der Waals surface area contributed by atoms with E-state index in [9.17, 15) is 9.67 Å². The van der Waals surface area contributed by atoms with Gasteiger partial charge in [-0.05, 0) is 48.5 Å². The largest absolute Gasteiger partial charge is 0.461 e. The SMILES string of the molecule is O=P(Oc1ccccc1)(c1ccccc1)C(Nc1ccccc1)c1ccc(CO)o1. The highest BCUT2D eigenvalue weighted by Gasteiger charge is 2.41. The molecule has 0 aliphatic heterocycles. The number of anilines is 1. The number of nitrogens with one attached hydrogen (secondary N) is 1. The Bertz CT molecular complexity index is 1110. The zero-order chi connectivity index (χ0) is 20.8. The molecule has 6 heteroatoms. The molecule has 1 heterocycles. The van der Waals surface area contributed by atoms with E-state index in [1.54, 1.807) is 36.4 Å². The Morgan fingerprint density at radius 1 is 0.833 bits per heavy atom. The Kier molecular flexibility index (Phi) is 6.03. The third kappa shape index (κ3) is 4.33. The highest BCUT2D eigenvalue weighted by Crippen LogP contribution is 2.58. The van der Waals surface area contributed by atoms with Gasteiger partial charge in [0.2, 0.25) is 0 Å². The van der Waals surface area contributed by atoms with Gasteiger partial charge in [0.25, 0.3) is 0 Å². The van der Waals surface area contributed by atoms with Crippen LogP contribution in [-0.4, -0.2) is 5.11 Å². The minimum absolute atomic E-state index is 0.243. The van der Waals surface area contributed by atoms with Crippen molar-refractivity contribution in [2.24, 2.45) is 0 Å². The first-order valence-corrected chi connectivity index (χ1v) is 11.3. The lowest BCUT2D eigenvalue weighted by molar-refractivity contribution is 0.243. The van der Waals surface area contributed by atoms with Crippen LogP contribution in [0.25, 0.3) is 0 Å². The second kappa shape index (κ2) is 9.04. The topological polar surface area (TPSA) is 71.7 Å². The van der Waals surface area contributed by atoms with Crippen molar-refractivity contribution < 1.29 is 18.6 Å². The number of benzene rings is 3. The fourth-order valence-corrected chi connectivity index (χ4v) is 5.49. The van der Waals surface area contributed by atoms with Crippen molar-refractivity contribution in [3.05, 3.63) is 115 Å². The zero-order valence-electron chi connectivity index (χ0n) is 16.2. The van der Waals surface area contributed by atoms with E-state index in [2.05, 4.69) is 5.32 Å². The highest BCUT2D eigenvalue weighted by molar-refractivity contribution is 7.67. The summed E-state index contributed by atoms with van der Waals surface area (Å²) in [5, 5.41) is 13.4. The molecule has 0 saturated heterocycles. The predicted octanol–water partition coefficient (Wildman–Crippen LogP) is 5.57. The van der Waals surface area contributed by atoms with Gasteiger partial charge in [-0.15, -0.1) is 0 Å². The second-order valence-corrected chi connectivity index (χ2v) is 9.12. The van der Waals surface area contributed by atoms with Gasteiger partial charge in [0.1, 0.15) is 23.9 Å². The Labute approximate surface area is 175 Å². The van der Waals surface area contributed by atoms with E-state index in [0.717, 1.165) is 5.69 Å². The molecule has 0 aliphatic rings. The lowest BCUT2D eigenvalue weighted by Gasteiger charge is -2.28. The molecule has 0 aliphatic carbocycles. The van der Waals surface area contributed by atoms with Crippen molar-refractivity contribution in [2.45, 2.75) is 12.4 Å². The normalized spacial score (nSPS) is 13.9. The molecule has 2 unspecified atom stereocenters. The van der Waals surface area contributed by atoms with E-state index in [0.29, 0.717) is 22.6 Å². The summed E-state index contributed by atoms with van der Waals surface area (Å²) in [6, 6.07) is 31.1. The van der Waals surface area contributed by atoms with Gasteiger partial charge in [-0.1, -0.05) is 54.6 Å². The van der Waals surface area contributed by atoms with Crippen molar-refractivity contribution in [2.75, 3.05) is 5.32 Å². The molecule has 0 bridgehead atoms. The van der Waals surface area contributed by atoms with Crippen molar-refractivity contribution >= 4 is 18.4 Å². The second-order valence-electron chi connectivity index (χ2n) is 6.71. The minimum atomic E-state index is -3.57. The van der Waals surface area contributed by atoms with Gasteiger partial charge in [0.05, 0.1) is 5.30 Å². The molecule has 1 aromatic heterocycles. The fraction of sp³-hybridized carbons (Fsp3) is 0.0833. The van der Waals surface area contributed by atoms with E-state index < -0.39 is 13.2 Å². The summed E-state index contributed by atoms with van der Waals surface area (Å²) in [6.07, 6.45) is 0. The van der Waals surface area contributed by atoms with Gasteiger partial charge in [0.15, 0.2) is 5.78 Å². The van der Waals surface area contributed by atoms with Crippen molar-refractivity contribution in [1.29, 1.82) is 0 Å². The first-order chi connectivity index (χ1) is 14.7. The van der Waals surface area contributed by atoms with E-state index in [1.165, 1.54) is 0 Å². The van der Waals surface area contributed by atoms with E-state index >= 15 is 0 Å². The molecule has 0 saturated carbocycles. The average Bonchev–Trinajstić information content (AvgIpc) is 3.28. The molecular weight excluding hydrogens is 397 g/mol. The molecule has 4 rings (SSSR count). The van der Waals surface area contributed by atoms with Gasteiger partial charge in [-0.25, -0.2) is 0 Å². The smallest absolute Gasteiger partial charge is 0.306 e. The summed E-state index contributed by atoms with van der Waals surface area (Å²) >= 11 is 0. The molecule has 2 atom stereocenters. The summed E-state index contributed by atoms with van der Waals surface area (Å²) in [5.41, 5.74) is 0.775. The summed E-state index contributed by atoms with van der Waals surface area (Å²) in [5.74, 6) is 0.511. The number of rotatable bonds is 8. The lowest BCUT2D eigenvalue weighted by atomic mass is 10.3. The summed E-state index contributed by atoms with van der Waals surface area (Å²) < 4.78 is 26.6. The maximum atomic E-state index is 14.6. The first kappa shape index (κ1) is 20.0. The van der Waals surface area contributed by atoms with E-state index in [1.807, 2.05) is 66.7 Å². The predicted molar refractivity (Wildman–Crippen MR) is 118 cm³/mol. The van der Waals surface area contributed by atoms with Crippen LogP contribution in [0, 0.1) is 0 Å². The number of para-hydroxylation sites is 2. The molecule has 0 amide bonds. The summed E-state index contributed by atoms with van der Waals surface area (Å²) in [7, 11) is -3.57. The van der Waals surface area contributed by atoms with Crippen LogP contribution < -0.4 is 15.1 Å². The van der Waals surface area contributed by atoms with Crippen molar-refractivity contribution in [3.63, 3.8) is 0 Å².